The first-order valence-corrected chi connectivity index (χ1v) is 6.70. The molecule has 0 saturated carbocycles. The van der Waals surface area contributed by atoms with Crippen molar-refractivity contribution in [1.29, 1.82) is 5.26 Å². The Balaban J connectivity index is 2.26. The number of nitrogens with one attached hydrogen (secondary N) is 2. The van der Waals surface area contributed by atoms with Crippen LogP contribution in [0.5, 0.6) is 0 Å². The van der Waals surface area contributed by atoms with Crippen molar-refractivity contribution in [1.82, 2.24) is 4.68 Å². The van der Waals surface area contributed by atoms with Crippen LogP contribution in [0, 0.1) is 25.2 Å². The molecule has 0 unspecified atom stereocenters. The third-order valence-corrected chi connectivity index (χ3v) is 3.14. The van der Waals surface area contributed by atoms with E-state index in [9.17, 15) is 4.79 Å². The number of aromatic nitrogens is 1. The molecule has 1 aromatic carbocycles. The van der Waals surface area contributed by atoms with E-state index in [0.29, 0.717) is 11.3 Å². The van der Waals surface area contributed by atoms with Gasteiger partial charge in [0.2, 0.25) is 0 Å². The Labute approximate surface area is 127 Å². The van der Waals surface area contributed by atoms with Gasteiger partial charge in [0.25, 0.3) is 5.56 Å². The van der Waals surface area contributed by atoms with Crippen molar-refractivity contribution in [2.24, 2.45) is 0 Å². The van der Waals surface area contributed by atoms with E-state index in [1.54, 1.807) is 19.9 Å². The summed E-state index contributed by atoms with van der Waals surface area (Å²) in [4.78, 5) is 12.2. The van der Waals surface area contributed by atoms with Gasteiger partial charge in [-0.1, -0.05) is 18.2 Å². The summed E-state index contributed by atoms with van der Waals surface area (Å²) in [6.07, 6.45) is 0. The number of nitrogens with zero attached hydrogens (tertiary/aromatic N) is 2. The molecule has 1 aromatic heterocycles. The maximum atomic E-state index is 12.2. The van der Waals surface area contributed by atoms with Gasteiger partial charge in [0.15, 0.2) is 5.11 Å². The average Bonchev–Trinajstić information content (AvgIpc) is 2.45. The molecule has 2 N–H and O–H groups in total. The first kappa shape index (κ1) is 14.8. The Hall–Kier alpha value is -2.65. The van der Waals surface area contributed by atoms with Crippen LogP contribution >= 0.6 is 12.2 Å². The summed E-state index contributed by atoms with van der Waals surface area (Å²) in [6, 6.07) is 13.1. The maximum Gasteiger partial charge on any atom is 0.287 e. The van der Waals surface area contributed by atoms with E-state index in [2.05, 4.69) is 10.7 Å². The lowest BCUT2D eigenvalue weighted by Gasteiger charge is -2.15. The van der Waals surface area contributed by atoms with Crippen molar-refractivity contribution < 1.29 is 0 Å². The van der Waals surface area contributed by atoms with E-state index in [0.717, 1.165) is 5.69 Å². The van der Waals surface area contributed by atoms with E-state index in [1.807, 2.05) is 36.4 Å². The second-order valence-electron chi connectivity index (χ2n) is 4.53. The molecule has 0 spiro atoms. The predicted octanol–water partition coefficient (Wildman–Crippen LogP) is 2.28. The quantitative estimate of drug-likeness (QED) is 0.832. The molecular weight excluding hydrogens is 284 g/mol. The molecule has 0 aliphatic rings. The fraction of sp³-hybridized carbons (Fsp3) is 0.133. The van der Waals surface area contributed by atoms with Crippen LogP contribution in [0.25, 0.3) is 0 Å². The zero-order valence-electron chi connectivity index (χ0n) is 11.7. The average molecular weight is 298 g/mol. The maximum absolute atomic E-state index is 12.2. The molecule has 0 saturated heterocycles. The van der Waals surface area contributed by atoms with Gasteiger partial charge in [-0.3, -0.25) is 10.2 Å². The number of benzene rings is 1. The molecule has 6 heteroatoms. The summed E-state index contributed by atoms with van der Waals surface area (Å²) in [7, 11) is 0. The van der Waals surface area contributed by atoms with Gasteiger partial charge in [0.1, 0.15) is 11.6 Å². The second-order valence-corrected chi connectivity index (χ2v) is 4.94. The first-order valence-electron chi connectivity index (χ1n) is 6.29. The highest BCUT2D eigenvalue weighted by Crippen LogP contribution is 2.06. The lowest BCUT2D eigenvalue weighted by Crippen LogP contribution is -2.38. The molecule has 0 fully saturated rings. The van der Waals surface area contributed by atoms with Crippen LogP contribution in [0.15, 0.2) is 41.2 Å². The molecule has 0 radical (unpaired) electrons. The van der Waals surface area contributed by atoms with Crippen molar-refractivity contribution >= 4 is 23.0 Å². The van der Waals surface area contributed by atoms with Gasteiger partial charge < -0.3 is 5.32 Å². The number of hydrogen-bond acceptors (Lipinski definition) is 3. The highest BCUT2D eigenvalue weighted by Gasteiger charge is 2.10. The summed E-state index contributed by atoms with van der Waals surface area (Å²) in [5, 5.41) is 12.3. The van der Waals surface area contributed by atoms with E-state index >= 15 is 0 Å². The van der Waals surface area contributed by atoms with E-state index in [-0.39, 0.29) is 10.7 Å². The van der Waals surface area contributed by atoms with E-state index < -0.39 is 5.56 Å². The molecule has 0 bridgehead atoms. The summed E-state index contributed by atoms with van der Waals surface area (Å²) < 4.78 is 1.27. The first-order chi connectivity index (χ1) is 10.0. The van der Waals surface area contributed by atoms with Crippen molar-refractivity contribution in [2.45, 2.75) is 13.8 Å². The molecule has 1 heterocycles. The SMILES string of the molecule is Cc1cc(C)n(NC(=S)Nc2ccccc2)c(=O)c1C#N. The van der Waals surface area contributed by atoms with Crippen LogP contribution in [0.1, 0.15) is 16.8 Å². The monoisotopic (exact) mass is 298 g/mol. The number of thiocarbonyl (C=S) groups is 1. The second kappa shape index (κ2) is 6.20. The predicted molar refractivity (Wildman–Crippen MR) is 86.9 cm³/mol. The molecule has 2 rings (SSSR count). The standard InChI is InChI=1S/C15H14N4OS/c1-10-8-11(2)19(14(20)13(10)9-16)18-15(21)17-12-6-4-3-5-7-12/h3-8H,1-2H3,(H2,17,18,21). The number of hydrogen-bond donors (Lipinski definition) is 2. The minimum Gasteiger partial charge on any atom is -0.331 e. The zero-order chi connectivity index (χ0) is 15.4. The molecule has 0 aliphatic heterocycles. The number of nitriles is 1. The molecule has 0 amide bonds. The highest BCUT2D eigenvalue weighted by atomic mass is 32.1. The minimum absolute atomic E-state index is 0.107. The summed E-state index contributed by atoms with van der Waals surface area (Å²) in [5.74, 6) is 0. The smallest absolute Gasteiger partial charge is 0.287 e. The minimum atomic E-state index is -0.410. The Morgan fingerprint density at radius 1 is 1.29 bits per heavy atom. The molecule has 0 atom stereocenters. The number of aryl methyl sites for hydroxylation is 2. The van der Waals surface area contributed by atoms with Gasteiger partial charge in [-0.05, 0) is 49.8 Å². The number of para-hydroxylation sites is 1. The topological polar surface area (TPSA) is 69.8 Å². The van der Waals surface area contributed by atoms with Crippen LogP contribution in [-0.4, -0.2) is 9.79 Å². The van der Waals surface area contributed by atoms with Crippen molar-refractivity contribution in [3.05, 3.63) is 63.6 Å². The van der Waals surface area contributed by atoms with Crippen molar-refractivity contribution in [3.8, 4) is 6.07 Å². The molecule has 106 valence electrons. The fourth-order valence-electron chi connectivity index (χ4n) is 1.95. The third-order valence-electron chi connectivity index (χ3n) is 2.95. The van der Waals surface area contributed by atoms with E-state index in [4.69, 9.17) is 17.5 Å². The van der Waals surface area contributed by atoms with Crippen LogP contribution in [0.4, 0.5) is 5.69 Å². The van der Waals surface area contributed by atoms with Gasteiger partial charge in [-0.25, -0.2) is 4.68 Å². The normalized spacial score (nSPS) is 9.76. The van der Waals surface area contributed by atoms with Crippen LogP contribution in [0.3, 0.4) is 0 Å². The highest BCUT2D eigenvalue weighted by molar-refractivity contribution is 7.80. The van der Waals surface area contributed by atoms with Gasteiger partial charge in [-0.2, -0.15) is 5.26 Å². The van der Waals surface area contributed by atoms with Gasteiger partial charge in [0, 0.05) is 11.4 Å². The molecule has 5 nitrogen and oxygen atoms in total. The van der Waals surface area contributed by atoms with Crippen molar-refractivity contribution in [3.63, 3.8) is 0 Å². The Morgan fingerprint density at radius 3 is 2.57 bits per heavy atom. The van der Waals surface area contributed by atoms with Crippen LogP contribution in [0.2, 0.25) is 0 Å². The third kappa shape index (κ3) is 3.27. The van der Waals surface area contributed by atoms with Gasteiger partial charge in [0.05, 0.1) is 0 Å². The van der Waals surface area contributed by atoms with Gasteiger partial charge >= 0.3 is 0 Å². The summed E-state index contributed by atoms with van der Waals surface area (Å²) in [6.45, 7) is 3.51. The lowest BCUT2D eigenvalue weighted by atomic mass is 10.1. The fourth-order valence-corrected chi connectivity index (χ4v) is 2.16. The zero-order valence-corrected chi connectivity index (χ0v) is 12.5. The van der Waals surface area contributed by atoms with E-state index in [1.165, 1.54) is 4.68 Å². The Kier molecular flexibility index (Phi) is 4.36. The molecule has 2 aromatic rings. The largest absolute Gasteiger partial charge is 0.331 e. The Morgan fingerprint density at radius 2 is 1.95 bits per heavy atom. The Bertz CT molecular complexity index is 775. The number of rotatable bonds is 2. The van der Waals surface area contributed by atoms with Gasteiger partial charge in [-0.15, -0.1) is 0 Å². The molecular formula is C15H14N4OS. The summed E-state index contributed by atoms with van der Waals surface area (Å²) in [5.41, 5.74) is 4.64. The summed E-state index contributed by atoms with van der Waals surface area (Å²) >= 11 is 5.18. The molecule has 0 aliphatic carbocycles. The lowest BCUT2D eigenvalue weighted by molar-refractivity contribution is 0.859. The number of pyridine rings is 1. The van der Waals surface area contributed by atoms with Crippen LogP contribution < -0.4 is 16.3 Å². The number of anilines is 1. The van der Waals surface area contributed by atoms with Crippen LogP contribution in [-0.2, 0) is 0 Å². The molecule has 21 heavy (non-hydrogen) atoms. The van der Waals surface area contributed by atoms with Crippen molar-refractivity contribution in [2.75, 3.05) is 10.7 Å².